The molecule has 0 aliphatic rings. The van der Waals surface area contributed by atoms with E-state index in [-0.39, 0.29) is 6.03 Å². The second kappa shape index (κ2) is 6.45. The first-order valence-electron chi connectivity index (χ1n) is 5.52. The van der Waals surface area contributed by atoms with Crippen LogP contribution in [0.25, 0.3) is 0 Å². The second-order valence-corrected chi connectivity index (χ2v) is 4.78. The van der Waals surface area contributed by atoms with E-state index in [0.29, 0.717) is 0 Å². The van der Waals surface area contributed by atoms with Gasteiger partial charge in [0.25, 0.3) is 0 Å². The Hall–Kier alpha value is -1.29. The van der Waals surface area contributed by atoms with Crippen molar-refractivity contribution >= 4 is 27.6 Å². The molecule has 0 heterocycles. The predicted molar refractivity (Wildman–Crippen MR) is 75.1 cm³/mol. The summed E-state index contributed by atoms with van der Waals surface area (Å²) in [6.07, 6.45) is 2.64. The smallest absolute Gasteiger partial charge is 0.314 e. The Kier molecular flexibility index (Phi) is 5.22. The first kappa shape index (κ1) is 13.8. The van der Waals surface area contributed by atoms with Crippen LogP contribution in [0.4, 0.5) is 10.5 Å². The van der Waals surface area contributed by atoms with E-state index in [1.165, 1.54) is 0 Å². The summed E-state index contributed by atoms with van der Waals surface area (Å²) < 4.78 is 0.879. The van der Waals surface area contributed by atoms with Crippen LogP contribution in [-0.2, 0) is 0 Å². The van der Waals surface area contributed by atoms with Gasteiger partial charge >= 0.3 is 6.03 Å². The summed E-state index contributed by atoms with van der Waals surface area (Å²) in [6.45, 7) is 6.02. The number of aryl methyl sites for hydroxylation is 1. The number of halogens is 1. The van der Waals surface area contributed by atoms with E-state index in [1.807, 2.05) is 39.0 Å². The summed E-state index contributed by atoms with van der Waals surface area (Å²) in [6, 6.07) is 5.55. The number of hydrogen-bond acceptors (Lipinski definition) is 1. The zero-order valence-electron chi connectivity index (χ0n) is 10.3. The molecular weight excluding hydrogens is 280 g/mol. The van der Waals surface area contributed by atoms with Gasteiger partial charge in [-0.1, -0.05) is 18.6 Å². The molecule has 0 saturated carbocycles. The number of carbonyl (C=O) groups is 1. The van der Waals surface area contributed by atoms with Gasteiger partial charge < -0.3 is 10.6 Å². The number of hydrogen-bond donors (Lipinski definition) is 2. The summed E-state index contributed by atoms with van der Waals surface area (Å²) in [5, 5.41) is 5.47. The Bertz CT molecular complexity index is 441. The molecule has 0 radical (unpaired) electrons. The maximum Gasteiger partial charge on any atom is 0.323 e. The minimum Gasteiger partial charge on any atom is -0.314 e. The molecule has 3 nitrogen and oxygen atoms in total. The van der Waals surface area contributed by atoms with Crippen molar-refractivity contribution in [1.82, 2.24) is 5.32 Å². The SMILES string of the molecule is CC/C(C)=C/NC(=O)Nc1ccc(C)cc1Br. The Labute approximate surface area is 110 Å². The summed E-state index contributed by atoms with van der Waals surface area (Å²) in [4.78, 5) is 11.6. The molecule has 17 heavy (non-hydrogen) atoms. The zero-order valence-corrected chi connectivity index (χ0v) is 11.9. The van der Waals surface area contributed by atoms with Crippen LogP contribution in [0.15, 0.2) is 34.4 Å². The lowest BCUT2D eigenvalue weighted by Gasteiger charge is -2.08. The number of nitrogens with one attached hydrogen (secondary N) is 2. The first-order valence-corrected chi connectivity index (χ1v) is 6.31. The fourth-order valence-corrected chi connectivity index (χ4v) is 1.76. The van der Waals surface area contributed by atoms with Gasteiger partial charge in [-0.05, 0) is 53.9 Å². The molecule has 0 aliphatic carbocycles. The van der Waals surface area contributed by atoms with Gasteiger partial charge in [0.05, 0.1) is 5.69 Å². The summed E-state index contributed by atoms with van der Waals surface area (Å²) in [5.41, 5.74) is 3.03. The van der Waals surface area contributed by atoms with Crippen molar-refractivity contribution < 1.29 is 4.79 Å². The molecule has 0 aromatic heterocycles. The number of amides is 2. The third-order valence-electron chi connectivity index (χ3n) is 2.38. The number of allylic oxidation sites excluding steroid dienone is 1. The highest BCUT2D eigenvalue weighted by molar-refractivity contribution is 9.10. The van der Waals surface area contributed by atoms with E-state index in [1.54, 1.807) is 6.20 Å². The van der Waals surface area contributed by atoms with Crippen molar-refractivity contribution in [3.8, 4) is 0 Å². The molecule has 0 atom stereocenters. The Balaban J connectivity index is 2.62. The fraction of sp³-hybridized carbons (Fsp3) is 0.308. The van der Waals surface area contributed by atoms with Gasteiger partial charge in [0, 0.05) is 10.7 Å². The maximum absolute atomic E-state index is 11.6. The maximum atomic E-state index is 11.6. The number of rotatable bonds is 3. The number of benzene rings is 1. The van der Waals surface area contributed by atoms with Gasteiger partial charge in [0.2, 0.25) is 0 Å². The molecule has 4 heteroatoms. The molecule has 2 amide bonds. The lowest BCUT2D eigenvalue weighted by molar-refractivity contribution is 0.255. The second-order valence-electron chi connectivity index (χ2n) is 3.93. The van der Waals surface area contributed by atoms with Crippen molar-refractivity contribution in [3.63, 3.8) is 0 Å². The minimum atomic E-state index is -0.234. The first-order chi connectivity index (χ1) is 8.02. The van der Waals surface area contributed by atoms with Crippen LogP contribution in [0, 0.1) is 6.92 Å². The van der Waals surface area contributed by atoms with E-state index < -0.39 is 0 Å². The van der Waals surface area contributed by atoms with Crippen molar-refractivity contribution in [1.29, 1.82) is 0 Å². The van der Waals surface area contributed by atoms with Crippen LogP contribution >= 0.6 is 15.9 Å². The molecule has 0 saturated heterocycles. The van der Waals surface area contributed by atoms with E-state index in [0.717, 1.165) is 27.7 Å². The highest BCUT2D eigenvalue weighted by atomic mass is 79.9. The van der Waals surface area contributed by atoms with Crippen LogP contribution in [-0.4, -0.2) is 6.03 Å². The molecular formula is C13H17BrN2O. The van der Waals surface area contributed by atoms with Gasteiger partial charge in [-0.2, -0.15) is 0 Å². The predicted octanol–water partition coefficient (Wildman–Crippen LogP) is 4.19. The Morgan fingerprint density at radius 3 is 2.76 bits per heavy atom. The standard InChI is InChI=1S/C13H17BrN2O/c1-4-9(2)8-15-13(17)16-12-6-5-10(3)7-11(12)14/h5-8H,4H2,1-3H3,(H2,15,16,17)/b9-8+. The van der Waals surface area contributed by atoms with Crippen LogP contribution in [0.3, 0.4) is 0 Å². The number of carbonyl (C=O) groups excluding carboxylic acids is 1. The van der Waals surface area contributed by atoms with Crippen molar-refractivity contribution in [2.45, 2.75) is 27.2 Å². The van der Waals surface area contributed by atoms with Gasteiger partial charge in [-0.3, -0.25) is 0 Å². The average Bonchev–Trinajstić information content (AvgIpc) is 2.29. The average molecular weight is 297 g/mol. The summed E-state index contributed by atoms with van der Waals surface area (Å²) in [7, 11) is 0. The fourth-order valence-electron chi connectivity index (χ4n) is 1.17. The topological polar surface area (TPSA) is 41.1 Å². The number of anilines is 1. The molecule has 1 aromatic rings. The Morgan fingerprint density at radius 2 is 2.18 bits per heavy atom. The quantitative estimate of drug-likeness (QED) is 0.863. The molecule has 0 fully saturated rings. The lowest BCUT2D eigenvalue weighted by atomic mass is 10.2. The summed E-state index contributed by atoms with van der Waals surface area (Å²) >= 11 is 3.41. The molecule has 2 N–H and O–H groups in total. The monoisotopic (exact) mass is 296 g/mol. The third-order valence-corrected chi connectivity index (χ3v) is 3.04. The van der Waals surface area contributed by atoms with Crippen LogP contribution < -0.4 is 10.6 Å². The lowest BCUT2D eigenvalue weighted by Crippen LogP contribution is -2.24. The molecule has 1 aromatic carbocycles. The van der Waals surface area contributed by atoms with Crippen LogP contribution in [0.5, 0.6) is 0 Å². The molecule has 0 aliphatic heterocycles. The summed E-state index contributed by atoms with van der Waals surface area (Å²) in [5.74, 6) is 0. The molecule has 92 valence electrons. The van der Waals surface area contributed by atoms with Crippen molar-refractivity contribution in [2.75, 3.05) is 5.32 Å². The normalized spacial score (nSPS) is 11.2. The van der Waals surface area contributed by atoms with E-state index in [9.17, 15) is 4.79 Å². The molecule has 1 rings (SSSR count). The van der Waals surface area contributed by atoms with Crippen molar-refractivity contribution in [3.05, 3.63) is 40.0 Å². The third kappa shape index (κ3) is 4.61. The highest BCUT2D eigenvalue weighted by Crippen LogP contribution is 2.23. The largest absolute Gasteiger partial charge is 0.323 e. The van der Waals surface area contributed by atoms with Gasteiger partial charge in [0.15, 0.2) is 0 Å². The van der Waals surface area contributed by atoms with Crippen LogP contribution in [0.1, 0.15) is 25.8 Å². The van der Waals surface area contributed by atoms with Gasteiger partial charge in [-0.15, -0.1) is 0 Å². The molecule has 0 spiro atoms. The van der Waals surface area contributed by atoms with Gasteiger partial charge in [0.1, 0.15) is 0 Å². The van der Waals surface area contributed by atoms with Gasteiger partial charge in [-0.25, -0.2) is 4.79 Å². The molecule has 0 unspecified atom stereocenters. The van der Waals surface area contributed by atoms with E-state index >= 15 is 0 Å². The minimum absolute atomic E-state index is 0.234. The number of urea groups is 1. The Morgan fingerprint density at radius 1 is 1.47 bits per heavy atom. The van der Waals surface area contributed by atoms with Crippen molar-refractivity contribution in [2.24, 2.45) is 0 Å². The zero-order chi connectivity index (χ0) is 12.8. The van der Waals surface area contributed by atoms with Crippen LogP contribution in [0.2, 0.25) is 0 Å². The van der Waals surface area contributed by atoms with E-state index in [4.69, 9.17) is 0 Å². The van der Waals surface area contributed by atoms with E-state index in [2.05, 4.69) is 26.6 Å². The molecule has 0 bridgehead atoms. The highest BCUT2D eigenvalue weighted by Gasteiger charge is 2.03.